The van der Waals surface area contributed by atoms with Gasteiger partial charge < -0.3 is 33.8 Å². The molecule has 0 aromatic heterocycles. The van der Waals surface area contributed by atoms with Crippen molar-refractivity contribution in [2.75, 3.05) is 39.6 Å². The van der Waals surface area contributed by atoms with Crippen molar-refractivity contribution in [2.24, 2.45) is 17.8 Å². The molecule has 0 rings (SSSR count). The number of phosphoric ester groups is 2. The van der Waals surface area contributed by atoms with Gasteiger partial charge in [-0.2, -0.15) is 0 Å². The van der Waals surface area contributed by atoms with Crippen LogP contribution in [0.25, 0.3) is 0 Å². The first-order chi connectivity index (χ1) is 48.3. The molecule has 19 heteroatoms. The number of carbonyl (C=O) groups excluding carboxylic acids is 4. The van der Waals surface area contributed by atoms with Gasteiger partial charge in [-0.25, -0.2) is 9.13 Å². The third-order valence-electron chi connectivity index (χ3n) is 18.6. The van der Waals surface area contributed by atoms with Crippen LogP contribution in [-0.2, 0) is 65.4 Å². The zero-order valence-corrected chi connectivity index (χ0v) is 66.9. The molecule has 0 saturated heterocycles. The zero-order chi connectivity index (χ0) is 73.7. The van der Waals surface area contributed by atoms with Gasteiger partial charge in [0, 0.05) is 25.7 Å². The fourth-order valence-electron chi connectivity index (χ4n) is 11.9. The predicted octanol–water partition coefficient (Wildman–Crippen LogP) is 23.7. The van der Waals surface area contributed by atoms with Crippen molar-refractivity contribution < 1.29 is 80.2 Å². The molecule has 100 heavy (non-hydrogen) atoms. The van der Waals surface area contributed by atoms with E-state index in [-0.39, 0.29) is 25.7 Å². The van der Waals surface area contributed by atoms with E-state index in [1.165, 1.54) is 186 Å². The third-order valence-corrected chi connectivity index (χ3v) is 20.5. The topological polar surface area (TPSA) is 237 Å². The van der Waals surface area contributed by atoms with Gasteiger partial charge in [-0.1, -0.05) is 342 Å². The molecular formula is C81H154O17P2. The number of ether oxygens (including phenoxy) is 4. The second kappa shape index (κ2) is 70.8. The van der Waals surface area contributed by atoms with Crippen molar-refractivity contribution >= 4 is 39.5 Å². The molecule has 6 atom stereocenters. The first-order valence-electron chi connectivity index (χ1n) is 41.2. The molecule has 0 aliphatic heterocycles. The predicted molar refractivity (Wildman–Crippen MR) is 409 cm³/mol. The Hall–Kier alpha value is -2.46. The highest BCUT2D eigenvalue weighted by Crippen LogP contribution is 2.45. The minimum Gasteiger partial charge on any atom is -0.462 e. The van der Waals surface area contributed by atoms with Gasteiger partial charge in [0.25, 0.3) is 0 Å². The smallest absolute Gasteiger partial charge is 0.462 e. The minimum atomic E-state index is -4.97. The summed E-state index contributed by atoms with van der Waals surface area (Å²) in [6.07, 6.45) is 61.9. The normalized spacial score (nSPS) is 14.4. The molecule has 0 fully saturated rings. The molecule has 0 aromatic rings. The summed E-state index contributed by atoms with van der Waals surface area (Å²) in [6.45, 7) is 11.9. The molecule has 3 unspecified atom stereocenters. The Morgan fingerprint density at radius 3 is 0.890 bits per heavy atom. The molecule has 0 spiro atoms. The minimum absolute atomic E-state index is 0.0850. The van der Waals surface area contributed by atoms with Gasteiger partial charge in [0.2, 0.25) is 0 Å². The molecule has 590 valence electrons. The van der Waals surface area contributed by atoms with Crippen LogP contribution in [0.5, 0.6) is 0 Å². The number of hydrogen-bond donors (Lipinski definition) is 3. The van der Waals surface area contributed by atoms with E-state index in [4.69, 9.17) is 37.0 Å². The van der Waals surface area contributed by atoms with Crippen LogP contribution in [0.1, 0.15) is 395 Å². The van der Waals surface area contributed by atoms with Gasteiger partial charge in [0.15, 0.2) is 12.2 Å². The summed E-state index contributed by atoms with van der Waals surface area (Å²) in [7, 11) is -9.93. The molecule has 0 saturated carbocycles. The van der Waals surface area contributed by atoms with Gasteiger partial charge in [-0.05, 0) is 69.1 Å². The van der Waals surface area contributed by atoms with E-state index in [1.54, 1.807) is 0 Å². The Labute approximate surface area is 612 Å². The molecule has 0 radical (unpaired) electrons. The fourth-order valence-corrected chi connectivity index (χ4v) is 13.5. The Morgan fingerprint density at radius 2 is 0.590 bits per heavy atom. The summed E-state index contributed by atoms with van der Waals surface area (Å²) >= 11 is 0. The van der Waals surface area contributed by atoms with Crippen LogP contribution >= 0.6 is 15.6 Å². The highest BCUT2D eigenvalue weighted by Gasteiger charge is 2.30. The van der Waals surface area contributed by atoms with E-state index in [2.05, 4.69) is 72.8 Å². The van der Waals surface area contributed by atoms with Crippen molar-refractivity contribution in [2.45, 2.75) is 414 Å². The Balaban J connectivity index is 5.27. The first kappa shape index (κ1) is 97.5. The van der Waals surface area contributed by atoms with E-state index in [1.807, 2.05) is 0 Å². The molecule has 0 aromatic carbocycles. The SMILES string of the molecule is CCCCCC/C=C\C=C/CCCCCCCC(=O)O[C@H](COC(=O)CCCCCCCCCCCCCCCCC(C)C)COP(=O)(O)OC[C@@H](O)COP(=O)(O)OC[C@@H](COC(=O)CCCCCCCCC(C)CC)OC(=O)CCCCCCCCCCCCCCCCCC(C)C. The Morgan fingerprint density at radius 1 is 0.330 bits per heavy atom. The average Bonchev–Trinajstić information content (AvgIpc) is 0.945. The van der Waals surface area contributed by atoms with E-state index >= 15 is 0 Å². The maximum atomic E-state index is 13.1. The van der Waals surface area contributed by atoms with Crippen LogP contribution in [0.2, 0.25) is 0 Å². The second-order valence-corrected chi connectivity index (χ2v) is 32.6. The van der Waals surface area contributed by atoms with Crippen LogP contribution < -0.4 is 0 Å². The lowest BCUT2D eigenvalue weighted by atomic mass is 10.00. The number of allylic oxidation sites excluding steroid dienone is 4. The number of hydrogen-bond acceptors (Lipinski definition) is 15. The van der Waals surface area contributed by atoms with Gasteiger partial charge in [-0.3, -0.25) is 37.3 Å². The molecule has 0 amide bonds. The number of phosphoric acid groups is 2. The lowest BCUT2D eigenvalue weighted by molar-refractivity contribution is -0.161. The third kappa shape index (κ3) is 72.5. The van der Waals surface area contributed by atoms with Crippen molar-refractivity contribution in [3.8, 4) is 0 Å². The Bertz CT molecular complexity index is 2040. The Kier molecular flexibility index (Phi) is 69.1. The maximum Gasteiger partial charge on any atom is 0.472 e. The number of rotatable bonds is 77. The van der Waals surface area contributed by atoms with Gasteiger partial charge in [0.1, 0.15) is 19.3 Å². The molecule has 0 aliphatic rings. The van der Waals surface area contributed by atoms with Crippen molar-refractivity contribution in [1.29, 1.82) is 0 Å². The first-order valence-corrected chi connectivity index (χ1v) is 44.2. The summed E-state index contributed by atoms with van der Waals surface area (Å²) in [5.74, 6) is 0.185. The van der Waals surface area contributed by atoms with Crippen molar-refractivity contribution in [1.82, 2.24) is 0 Å². The standard InChI is InChI=1S/C81H154O17P2/c1-8-10-11-12-13-14-15-16-18-26-31-36-41-50-57-64-80(85)97-76(68-91-78(83)62-55-48-40-35-30-25-22-21-24-29-34-39-46-53-60-73(5)6)70-95-99(87,88)93-66-75(82)67-94-100(89,90)96-71-77(69-92-79(84)63-56-49-44-43-47-54-61-74(7)9-2)98-81(86)65-58-51-42-37-32-27-20-17-19-23-28-33-38-45-52-59-72(3)4/h14-16,18,72-77,82H,8-13,17,19-71H2,1-7H3,(H,87,88)(H,89,90)/b15-14-,18-16-/t74?,75-,76-,77-/m1/s1. The van der Waals surface area contributed by atoms with Crippen LogP contribution in [0.15, 0.2) is 24.3 Å². The van der Waals surface area contributed by atoms with E-state index in [0.29, 0.717) is 25.7 Å². The average molecular weight is 1460 g/mol. The summed E-state index contributed by atoms with van der Waals surface area (Å²) in [5, 5.41) is 10.6. The summed E-state index contributed by atoms with van der Waals surface area (Å²) < 4.78 is 68.7. The van der Waals surface area contributed by atoms with Gasteiger partial charge >= 0.3 is 39.5 Å². The number of carbonyl (C=O) groups is 4. The molecule has 0 heterocycles. The second-order valence-electron chi connectivity index (χ2n) is 29.7. The number of aliphatic hydroxyl groups is 1. The zero-order valence-electron chi connectivity index (χ0n) is 65.2. The highest BCUT2D eigenvalue weighted by atomic mass is 31.2. The summed E-state index contributed by atoms with van der Waals surface area (Å²) in [6, 6.07) is 0. The lowest BCUT2D eigenvalue weighted by Crippen LogP contribution is -2.30. The summed E-state index contributed by atoms with van der Waals surface area (Å²) in [4.78, 5) is 73.0. The van der Waals surface area contributed by atoms with Crippen LogP contribution in [0.3, 0.4) is 0 Å². The number of unbranched alkanes of at least 4 members (excludes halogenated alkanes) is 41. The molecule has 17 nitrogen and oxygen atoms in total. The fraction of sp³-hybridized carbons (Fsp3) is 0.901. The molecule has 0 aliphatic carbocycles. The number of esters is 4. The number of aliphatic hydroxyl groups excluding tert-OH is 1. The van der Waals surface area contributed by atoms with Crippen LogP contribution in [0, 0.1) is 17.8 Å². The van der Waals surface area contributed by atoms with Crippen LogP contribution in [0.4, 0.5) is 0 Å². The van der Waals surface area contributed by atoms with E-state index in [9.17, 15) is 43.2 Å². The highest BCUT2D eigenvalue weighted by molar-refractivity contribution is 7.47. The van der Waals surface area contributed by atoms with Crippen molar-refractivity contribution in [3.63, 3.8) is 0 Å². The maximum absolute atomic E-state index is 13.1. The summed E-state index contributed by atoms with van der Waals surface area (Å²) in [5.41, 5.74) is 0. The van der Waals surface area contributed by atoms with E-state index in [0.717, 1.165) is 127 Å². The molecule has 0 bridgehead atoms. The molecular weight excluding hydrogens is 1310 g/mol. The van der Waals surface area contributed by atoms with E-state index < -0.39 is 97.5 Å². The van der Waals surface area contributed by atoms with Crippen LogP contribution in [-0.4, -0.2) is 96.7 Å². The monoisotopic (exact) mass is 1460 g/mol. The van der Waals surface area contributed by atoms with Gasteiger partial charge in [0.05, 0.1) is 26.4 Å². The quantitative estimate of drug-likeness (QED) is 0.0169. The molecule has 3 N–H and O–H groups in total. The van der Waals surface area contributed by atoms with Crippen molar-refractivity contribution in [3.05, 3.63) is 24.3 Å². The lowest BCUT2D eigenvalue weighted by Gasteiger charge is -2.21. The largest absolute Gasteiger partial charge is 0.472 e. The van der Waals surface area contributed by atoms with Gasteiger partial charge in [-0.15, -0.1) is 0 Å².